The second-order valence-electron chi connectivity index (χ2n) is 3.06. The van der Waals surface area contributed by atoms with E-state index in [2.05, 4.69) is 18.0 Å². The number of benzene rings is 1. The molecule has 0 amide bonds. The van der Waals surface area contributed by atoms with Gasteiger partial charge in [-0.05, 0) is 11.8 Å². The minimum atomic E-state index is 0.667. The van der Waals surface area contributed by atoms with Crippen LogP contribution >= 0.6 is 11.8 Å². The molecule has 0 spiro atoms. The van der Waals surface area contributed by atoms with Crippen molar-refractivity contribution in [1.29, 1.82) is 5.26 Å². The van der Waals surface area contributed by atoms with Gasteiger partial charge in [0.2, 0.25) is 0 Å². The highest BCUT2D eigenvalue weighted by atomic mass is 32.2. The highest BCUT2D eigenvalue weighted by Crippen LogP contribution is 2.29. The first-order valence-corrected chi connectivity index (χ1v) is 5.76. The van der Waals surface area contributed by atoms with Crippen molar-refractivity contribution in [3.05, 3.63) is 36.0 Å². The van der Waals surface area contributed by atoms with Crippen molar-refractivity contribution in [2.45, 2.75) is 11.8 Å². The predicted octanol–water partition coefficient (Wildman–Crippen LogP) is 3.22. The lowest BCUT2D eigenvalue weighted by atomic mass is 10.2. The predicted molar refractivity (Wildman–Crippen MR) is 62.9 cm³/mol. The fourth-order valence-corrected chi connectivity index (χ4v) is 2.37. The number of hydrogen-bond donors (Lipinski definition) is 0. The van der Waals surface area contributed by atoms with Crippen LogP contribution in [0.15, 0.2) is 35.4 Å². The fraction of sp³-hybridized carbons (Fsp3) is 0.167. The van der Waals surface area contributed by atoms with Gasteiger partial charge in [-0.3, -0.25) is 4.98 Å². The first-order valence-electron chi connectivity index (χ1n) is 4.77. The van der Waals surface area contributed by atoms with E-state index in [1.807, 2.05) is 24.3 Å². The molecule has 0 aliphatic heterocycles. The molecule has 1 aromatic carbocycles. The number of fused-ring (bicyclic) bond motifs is 1. The molecule has 74 valence electrons. The lowest BCUT2D eigenvalue weighted by Crippen LogP contribution is -1.88. The van der Waals surface area contributed by atoms with Gasteiger partial charge in [0, 0.05) is 16.5 Å². The first-order chi connectivity index (χ1) is 7.36. The molecule has 1 heterocycles. The summed E-state index contributed by atoms with van der Waals surface area (Å²) in [6.07, 6.45) is 1.65. The van der Waals surface area contributed by atoms with Gasteiger partial charge in [0.15, 0.2) is 0 Å². The van der Waals surface area contributed by atoms with E-state index in [4.69, 9.17) is 5.26 Å². The van der Waals surface area contributed by atoms with Gasteiger partial charge in [-0.1, -0.05) is 25.1 Å². The standard InChI is InChI=1S/C12H10N2S/c1-2-15-12-9(7-13)8-14-11-6-4-3-5-10(11)12/h3-6,8H,2H2,1H3. The highest BCUT2D eigenvalue weighted by Gasteiger charge is 2.07. The number of hydrogen-bond acceptors (Lipinski definition) is 3. The normalized spacial score (nSPS) is 10.1. The van der Waals surface area contributed by atoms with E-state index in [1.165, 1.54) is 0 Å². The summed E-state index contributed by atoms with van der Waals surface area (Å²) in [5, 5.41) is 10.1. The summed E-state index contributed by atoms with van der Waals surface area (Å²) >= 11 is 1.69. The molecule has 15 heavy (non-hydrogen) atoms. The average molecular weight is 214 g/mol. The Morgan fingerprint density at radius 2 is 2.20 bits per heavy atom. The molecule has 1 aromatic heterocycles. The summed E-state index contributed by atoms with van der Waals surface area (Å²) < 4.78 is 0. The van der Waals surface area contributed by atoms with Crippen LogP contribution in [0.1, 0.15) is 12.5 Å². The lowest BCUT2D eigenvalue weighted by Gasteiger charge is -2.05. The topological polar surface area (TPSA) is 36.7 Å². The Bertz CT molecular complexity index is 529. The van der Waals surface area contributed by atoms with E-state index in [9.17, 15) is 0 Å². The maximum atomic E-state index is 9.00. The number of thioether (sulfide) groups is 1. The number of nitriles is 1. The van der Waals surface area contributed by atoms with Gasteiger partial charge in [0.25, 0.3) is 0 Å². The summed E-state index contributed by atoms with van der Waals surface area (Å²) in [6, 6.07) is 10.1. The molecule has 0 saturated heterocycles. The van der Waals surface area contributed by atoms with E-state index < -0.39 is 0 Å². The van der Waals surface area contributed by atoms with Gasteiger partial charge in [-0.2, -0.15) is 5.26 Å². The molecular formula is C12H10N2S. The van der Waals surface area contributed by atoms with E-state index in [0.717, 1.165) is 21.6 Å². The Hall–Kier alpha value is -1.53. The summed E-state index contributed by atoms with van der Waals surface area (Å²) in [5.41, 5.74) is 1.62. The largest absolute Gasteiger partial charge is 0.255 e. The molecule has 0 aliphatic rings. The zero-order valence-corrected chi connectivity index (χ0v) is 9.21. The molecule has 0 N–H and O–H groups in total. The zero-order valence-electron chi connectivity index (χ0n) is 8.40. The molecule has 0 radical (unpaired) electrons. The molecule has 0 saturated carbocycles. The zero-order chi connectivity index (χ0) is 10.7. The van der Waals surface area contributed by atoms with Crippen LogP contribution in [0.2, 0.25) is 0 Å². The van der Waals surface area contributed by atoms with Crippen LogP contribution in [0, 0.1) is 11.3 Å². The Kier molecular flexibility index (Phi) is 2.89. The van der Waals surface area contributed by atoms with Crippen LogP contribution in [0.25, 0.3) is 10.9 Å². The Labute approximate surface area is 92.9 Å². The first kappa shape index (κ1) is 10.0. The van der Waals surface area contributed by atoms with Crippen molar-refractivity contribution in [2.24, 2.45) is 0 Å². The molecule has 0 unspecified atom stereocenters. The lowest BCUT2D eigenvalue weighted by molar-refractivity contribution is 1.30. The fourth-order valence-electron chi connectivity index (χ4n) is 1.50. The van der Waals surface area contributed by atoms with E-state index in [-0.39, 0.29) is 0 Å². The highest BCUT2D eigenvalue weighted by molar-refractivity contribution is 7.99. The van der Waals surface area contributed by atoms with Crippen molar-refractivity contribution in [2.75, 3.05) is 5.75 Å². The Balaban J connectivity index is 2.74. The van der Waals surface area contributed by atoms with Crippen molar-refractivity contribution < 1.29 is 0 Å². The van der Waals surface area contributed by atoms with Crippen LogP contribution in [0.5, 0.6) is 0 Å². The molecule has 0 atom stereocenters. The smallest absolute Gasteiger partial charge is 0.102 e. The van der Waals surface area contributed by atoms with Gasteiger partial charge in [0.05, 0.1) is 11.1 Å². The van der Waals surface area contributed by atoms with Gasteiger partial charge in [0.1, 0.15) is 6.07 Å². The second kappa shape index (κ2) is 4.33. The molecule has 0 fully saturated rings. The van der Waals surface area contributed by atoms with Crippen molar-refractivity contribution in [3.8, 4) is 6.07 Å². The molecule has 3 heteroatoms. The third-order valence-corrected chi connectivity index (χ3v) is 3.15. The number of rotatable bonds is 2. The third kappa shape index (κ3) is 1.81. The summed E-state index contributed by atoms with van der Waals surface area (Å²) in [4.78, 5) is 5.31. The SMILES string of the molecule is CCSc1c(C#N)cnc2ccccc12. The van der Waals surface area contributed by atoms with Gasteiger partial charge < -0.3 is 0 Å². The molecule has 0 bridgehead atoms. The molecule has 2 rings (SSSR count). The maximum absolute atomic E-state index is 9.00. The van der Waals surface area contributed by atoms with Crippen molar-refractivity contribution in [3.63, 3.8) is 0 Å². The Morgan fingerprint density at radius 1 is 1.40 bits per heavy atom. The van der Waals surface area contributed by atoms with Gasteiger partial charge in [-0.25, -0.2) is 0 Å². The minimum absolute atomic E-state index is 0.667. The number of nitrogens with zero attached hydrogens (tertiary/aromatic N) is 2. The van der Waals surface area contributed by atoms with Crippen molar-refractivity contribution in [1.82, 2.24) is 4.98 Å². The van der Waals surface area contributed by atoms with E-state index in [0.29, 0.717) is 5.56 Å². The van der Waals surface area contributed by atoms with Gasteiger partial charge in [-0.15, -0.1) is 11.8 Å². The average Bonchev–Trinajstić information content (AvgIpc) is 2.30. The van der Waals surface area contributed by atoms with E-state index >= 15 is 0 Å². The summed E-state index contributed by atoms with van der Waals surface area (Å²) in [6.45, 7) is 2.08. The quantitative estimate of drug-likeness (QED) is 0.720. The number of aromatic nitrogens is 1. The molecule has 2 aromatic rings. The second-order valence-corrected chi connectivity index (χ2v) is 4.34. The summed E-state index contributed by atoms with van der Waals surface area (Å²) in [5.74, 6) is 0.961. The monoisotopic (exact) mass is 214 g/mol. The van der Waals surface area contributed by atoms with Crippen LogP contribution in [-0.2, 0) is 0 Å². The van der Waals surface area contributed by atoms with Gasteiger partial charge >= 0.3 is 0 Å². The maximum Gasteiger partial charge on any atom is 0.102 e. The van der Waals surface area contributed by atoms with Crippen LogP contribution in [0.4, 0.5) is 0 Å². The summed E-state index contributed by atoms with van der Waals surface area (Å²) in [7, 11) is 0. The van der Waals surface area contributed by atoms with Crippen LogP contribution in [-0.4, -0.2) is 10.7 Å². The number of para-hydroxylation sites is 1. The van der Waals surface area contributed by atoms with Crippen LogP contribution < -0.4 is 0 Å². The molecule has 0 aliphatic carbocycles. The number of pyridine rings is 1. The Morgan fingerprint density at radius 3 is 2.93 bits per heavy atom. The van der Waals surface area contributed by atoms with E-state index in [1.54, 1.807) is 18.0 Å². The minimum Gasteiger partial charge on any atom is -0.255 e. The molecule has 2 nitrogen and oxygen atoms in total. The van der Waals surface area contributed by atoms with Crippen LogP contribution in [0.3, 0.4) is 0 Å². The third-order valence-electron chi connectivity index (χ3n) is 2.14. The molecular weight excluding hydrogens is 204 g/mol. The van der Waals surface area contributed by atoms with Crippen molar-refractivity contribution >= 4 is 22.7 Å².